The van der Waals surface area contributed by atoms with Gasteiger partial charge in [0.2, 0.25) is 0 Å². The van der Waals surface area contributed by atoms with Crippen LogP contribution in [0.1, 0.15) is 11.7 Å². The van der Waals surface area contributed by atoms with Crippen molar-refractivity contribution >= 4 is 33.0 Å². The molecule has 2 aromatic rings. The van der Waals surface area contributed by atoms with Crippen LogP contribution in [-0.2, 0) is 0 Å². The third-order valence-electron chi connectivity index (χ3n) is 2.18. The lowest BCUT2D eigenvalue weighted by molar-refractivity contribution is 0.274. The number of halogens is 1. The van der Waals surface area contributed by atoms with Crippen molar-refractivity contribution in [2.45, 2.75) is 6.04 Å². The highest BCUT2D eigenvalue weighted by atomic mass is 79.9. The van der Waals surface area contributed by atoms with E-state index in [0.717, 1.165) is 15.9 Å². The largest absolute Gasteiger partial charge is 0.394 e. The number of nitrogens with zero attached hydrogens (tertiary/aromatic N) is 1. The first-order valence-corrected chi connectivity index (χ1v) is 6.54. The summed E-state index contributed by atoms with van der Waals surface area (Å²) in [6.45, 7) is 0.0276. The fourth-order valence-electron chi connectivity index (χ4n) is 1.35. The third kappa shape index (κ3) is 2.81. The lowest BCUT2D eigenvalue weighted by atomic mass is 10.2. The number of benzene rings is 1. The number of aliphatic hydroxyl groups is 1. The quantitative estimate of drug-likeness (QED) is 0.912. The van der Waals surface area contributed by atoms with Crippen LogP contribution in [0, 0.1) is 0 Å². The van der Waals surface area contributed by atoms with E-state index in [1.165, 1.54) is 11.3 Å². The average molecular weight is 299 g/mol. The lowest BCUT2D eigenvalue weighted by Gasteiger charge is -2.15. The van der Waals surface area contributed by atoms with Crippen LogP contribution in [0.25, 0.3) is 0 Å². The smallest absolute Gasteiger partial charge is 0.0926 e. The van der Waals surface area contributed by atoms with Crippen molar-refractivity contribution in [3.8, 4) is 0 Å². The topological polar surface area (TPSA) is 45.1 Å². The summed E-state index contributed by atoms with van der Waals surface area (Å²) >= 11 is 4.91. The van der Waals surface area contributed by atoms with E-state index in [9.17, 15) is 5.11 Å². The van der Waals surface area contributed by atoms with Crippen LogP contribution in [0.15, 0.2) is 39.6 Å². The van der Waals surface area contributed by atoms with Crippen molar-refractivity contribution in [3.05, 3.63) is 45.3 Å². The minimum absolute atomic E-state index is 0.0276. The Morgan fingerprint density at radius 2 is 2.12 bits per heavy atom. The van der Waals surface area contributed by atoms with Crippen LogP contribution >= 0.6 is 27.3 Å². The van der Waals surface area contributed by atoms with E-state index in [4.69, 9.17) is 0 Å². The van der Waals surface area contributed by atoms with Gasteiger partial charge in [0, 0.05) is 15.5 Å². The zero-order valence-corrected chi connectivity index (χ0v) is 10.8. The summed E-state index contributed by atoms with van der Waals surface area (Å²) in [6, 6.07) is 7.68. The molecule has 0 fully saturated rings. The fourth-order valence-corrected chi connectivity index (χ4v) is 2.23. The average Bonchev–Trinajstić information content (AvgIpc) is 2.82. The monoisotopic (exact) mass is 298 g/mol. The Hall–Kier alpha value is -0.910. The van der Waals surface area contributed by atoms with Gasteiger partial charge < -0.3 is 10.4 Å². The molecule has 5 heteroatoms. The zero-order chi connectivity index (χ0) is 11.4. The molecular formula is C11H11BrN2OS. The summed E-state index contributed by atoms with van der Waals surface area (Å²) in [6.07, 6.45) is 0. The van der Waals surface area contributed by atoms with Gasteiger partial charge in [0.1, 0.15) is 0 Å². The molecule has 2 rings (SSSR count). The van der Waals surface area contributed by atoms with E-state index in [2.05, 4.69) is 26.2 Å². The number of nitrogens with one attached hydrogen (secondary N) is 1. The summed E-state index contributed by atoms with van der Waals surface area (Å²) in [7, 11) is 0. The first-order chi connectivity index (χ1) is 7.79. The molecule has 0 bridgehead atoms. The fraction of sp³-hybridized carbons (Fsp3) is 0.182. The minimum atomic E-state index is -0.146. The lowest BCUT2D eigenvalue weighted by Crippen LogP contribution is -2.14. The van der Waals surface area contributed by atoms with E-state index >= 15 is 0 Å². The highest BCUT2D eigenvalue weighted by Crippen LogP contribution is 2.20. The summed E-state index contributed by atoms with van der Waals surface area (Å²) in [4.78, 5) is 4.19. The third-order valence-corrected chi connectivity index (χ3v) is 3.31. The molecule has 0 saturated heterocycles. The summed E-state index contributed by atoms with van der Waals surface area (Å²) in [5.74, 6) is 0. The summed E-state index contributed by atoms with van der Waals surface area (Å²) < 4.78 is 1.03. The second-order valence-electron chi connectivity index (χ2n) is 3.30. The molecular weight excluding hydrogens is 288 g/mol. The molecule has 0 spiro atoms. The number of hydrogen-bond acceptors (Lipinski definition) is 4. The Balaban J connectivity index is 2.10. The second kappa shape index (κ2) is 5.43. The first-order valence-electron chi connectivity index (χ1n) is 4.80. The van der Waals surface area contributed by atoms with Crippen molar-refractivity contribution < 1.29 is 5.11 Å². The minimum Gasteiger partial charge on any atom is -0.394 e. The van der Waals surface area contributed by atoms with E-state index in [1.807, 2.05) is 29.6 Å². The molecule has 0 aliphatic heterocycles. The van der Waals surface area contributed by atoms with Crippen molar-refractivity contribution in [2.75, 3.05) is 11.9 Å². The molecule has 84 valence electrons. The Kier molecular flexibility index (Phi) is 3.93. The number of hydrogen-bond donors (Lipinski definition) is 2. The normalized spacial score (nSPS) is 12.4. The summed E-state index contributed by atoms with van der Waals surface area (Å²) in [5.41, 5.74) is 3.60. The summed E-state index contributed by atoms with van der Waals surface area (Å²) in [5, 5.41) is 14.5. The number of aliphatic hydroxyl groups excluding tert-OH is 1. The molecule has 3 nitrogen and oxygen atoms in total. The number of rotatable bonds is 4. The predicted octanol–water partition coefficient (Wildman–Crippen LogP) is 3.05. The molecule has 2 N–H and O–H groups in total. The Bertz CT molecular complexity index is 430. The van der Waals surface area contributed by atoms with Gasteiger partial charge in [-0.3, -0.25) is 0 Å². The first kappa shape index (κ1) is 11.6. The van der Waals surface area contributed by atoms with E-state index in [1.54, 1.807) is 5.51 Å². The Morgan fingerprint density at radius 1 is 1.38 bits per heavy atom. The van der Waals surface area contributed by atoms with Crippen molar-refractivity contribution in [1.29, 1.82) is 0 Å². The van der Waals surface area contributed by atoms with Gasteiger partial charge in [-0.25, -0.2) is 4.98 Å². The van der Waals surface area contributed by atoms with Crippen LogP contribution < -0.4 is 5.32 Å². The molecule has 16 heavy (non-hydrogen) atoms. The molecule has 0 amide bonds. The van der Waals surface area contributed by atoms with E-state index in [-0.39, 0.29) is 12.6 Å². The maximum atomic E-state index is 9.31. The molecule has 0 saturated carbocycles. The van der Waals surface area contributed by atoms with Crippen LogP contribution in [0.4, 0.5) is 5.69 Å². The molecule has 1 unspecified atom stereocenters. The number of aromatic nitrogens is 1. The molecule has 1 heterocycles. The van der Waals surface area contributed by atoms with Crippen LogP contribution in [-0.4, -0.2) is 16.7 Å². The van der Waals surface area contributed by atoms with Crippen molar-refractivity contribution in [3.63, 3.8) is 0 Å². The van der Waals surface area contributed by atoms with Gasteiger partial charge in [0.15, 0.2) is 0 Å². The van der Waals surface area contributed by atoms with Crippen LogP contribution in [0.3, 0.4) is 0 Å². The van der Waals surface area contributed by atoms with Crippen molar-refractivity contribution in [2.24, 2.45) is 0 Å². The van der Waals surface area contributed by atoms with Gasteiger partial charge in [-0.15, -0.1) is 11.3 Å². The van der Waals surface area contributed by atoms with E-state index < -0.39 is 0 Å². The molecule has 1 aromatic carbocycles. The molecule has 0 radical (unpaired) electrons. The molecule has 1 aromatic heterocycles. The number of thiazole rings is 1. The number of anilines is 1. The Morgan fingerprint density at radius 3 is 2.69 bits per heavy atom. The van der Waals surface area contributed by atoms with Crippen molar-refractivity contribution in [1.82, 2.24) is 4.98 Å². The van der Waals surface area contributed by atoms with Gasteiger partial charge in [0.05, 0.1) is 23.9 Å². The van der Waals surface area contributed by atoms with Gasteiger partial charge in [-0.05, 0) is 24.3 Å². The van der Waals surface area contributed by atoms with E-state index in [0.29, 0.717) is 0 Å². The second-order valence-corrected chi connectivity index (χ2v) is 4.93. The predicted molar refractivity (Wildman–Crippen MR) is 69.7 cm³/mol. The highest BCUT2D eigenvalue weighted by Gasteiger charge is 2.11. The van der Waals surface area contributed by atoms with Gasteiger partial charge in [-0.2, -0.15) is 0 Å². The van der Waals surface area contributed by atoms with Gasteiger partial charge >= 0.3 is 0 Å². The van der Waals surface area contributed by atoms with Gasteiger partial charge in [0.25, 0.3) is 0 Å². The zero-order valence-electron chi connectivity index (χ0n) is 8.43. The standard InChI is InChI=1S/C11H11BrN2OS/c12-8-1-3-9(4-2-8)14-10(5-15)11-6-16-7-13-11/h1-4,6-7,10,14-15H,5H2. The maximum absolute atomic E-state index is 9.31. The van der Waals surface area contributed by atoms with Gasteiger partial charge in [-0.1, -0.05) is 15.9 Å². The molecule has 1 atom stereocenters. The van der Waals surface area contributed by atoms with Crippen LogP contribution in [0.5, 0.6) is 0 Å². The highest BCUT2D eigenvalue weighted by molar-refractivity contribution is 9.10. The molecule has 0 aliphatic carbocycles. The Labute approximate surface area is 106 Å². The van der Waals surface area contributed by atoms with Crippen LogP contribution in [0.2, 0.25) is 0 Å². The molecule has 0 aliphatic rings. The maximum Gasteiger partial charge on any atom is 0.0926 e. The SMILES string of the molecule is OCC(Nc1ccc(Br)cc1)c1cscn1.